The van der Waals surface area contributed by atoms with Crippen LogP contribution in [0, 0.1) is 18.3 Å². The molecule has 0 saturated heterocycles. The molecule has 0 saturated carbocycles. The lowest BCUT2D eigenvalue weighted by Crippen LogP contribution is -2.16. The number of aryl methyl sites for hydroxylation is 1. The monoisotopic (exact) mass is 441 g/mol. The SMILES string of the molecule is CCOC(=O)CSc1nc2ccccc2nc1C(C#N)S(=O)(=O)c1ccc(C)cc1. The van der Waals surface area contributed by atoms with Gasteiger partial charge in [0.15, 0.2) is 15.1 Å². The molecule has 3 rings (SSSR count). The number of hydrogen-bond donors (Lipinski definition) is 0. The minimum atomic E-state index is -4.05. The third kappa shape index (κ3) is 4.61. The second kappa shape index (κ2) is 9.24. The molecule has 0 spiro atoms. The van der Waals surface area contributed by atoms with Crippen molar-refractivity contribution < 1.29 is 17.9 Å². The Kier molecular flexibility index (Phi) is 6.70. The number of thioether (sulfide) groups is 1. The van der Waals surface area contributed by atoms with E-state index in [2.05, 4.69) is 9.97 Å². The Morgan fingerprint density at radius 2 is 1.77 bits per heavy atom. The molecule has 1 heterocycles. The summed E-state index contributed by atoms with van der Waals surface area (Å²) in [5.74, 6) is -0.533. The van der Waals surface area contributed by atoms with Gasteiger partial charge in [-0.3, -0.25) is 4.79 Å². The lowest BCUT2D eigenvalue weighted by molar-refractivity contribution is -0.139. The highest BCUT2D eigenvalue weighted by molar-refractivity contribution is 8.00. The smallest absolute Gasteiger partial charge is 0.316 e. The second-order valence-electron chi connectivity index (χ2n) is 6.36. The van der Waals surface area contributed by atoms with Crippen LogP contribution in [0.4, 0.5) is 0 Å². The molecule has 3 aromatic rings. The van der Waals surface area contributed by atoms with E-state index in [9.17, 15) is 18.5 Å². The summed E-state index contributed by atoms with van der Waals surface area (Å²) in [6.45, 7) is 3.78. The van der Waals surface area contributed by atoms with Gasteiger partial charge in [0.05, 0.1) is 34.4 Å². The van der Waals surface area contributed by atoms with E-state index in [4.69, 9.17) is 4.74 Å². The summed E-state index contributed by atoms with van der Waals surface area (Å²) >= 11 is 1.00. The van der Waals surface area contributed by atoms with Crippen molar-refractivity contribution in [3.63, 3.8) is 0 Å². The van der Waals surface area contributed by atoms with Gasteiger partial charge in [-0.05, 0) is 38.1 Å². The summed E-state index contributed by atoms with van der Waals surface area (Å²) in [4.78, 5) is 20.7. The van der Waals surface area contributed by atoms with Crippen molar-refractivity contribution in [2.45, 2.75) is 29.0 Å². The minimum absolute atomic E-state index is 0.00562. The van der Waals surface area contributed by atoms with Gasteiger partial charge in [-0.1, -0.05) is 41.6 Å². The molecule has 7 nitrogen and oxygen atoms in total. The number of nitrogens with zero attached hydrogens (tertiary/aromatic N) is 3. The molecule has 0 bridgehead atoms. The van der Waals surface area contributed by atoms with Crippen molar-refractivity contribution >= 4 is 38.6 Å². The molecule has 0 N–H and O–H groups in total. The molecule has 9 heteroatoms. The van der Waals surface area contributed by atoms with Gasteiger partial charge in [-0.2, -0.15) is 5.26 Å². The standard InChI is InChI=1S/C21H19N3O4S2/c1-3-28-19(25)13-29-21-20(23-16-6-4-5-7-17(16)24-21)18(12-22)30(26,27)15-10-8-14(2)9-11-15/h4-11,18H,3,13H2,1-2H3. The predicted molar refractivity (Wildman–Crippen MR) is 114 cm³/mol. The van der Waals surface area contributed by atoms with E-state index in [0.29, 0.717) is 11.0 Å². The number of aromatic nitrogens is 2. The quantitative estimate of drug-likeness (QED) is 0.404. The first kappa shape index (κ1) is 21.7. The highest BCUT2D eigenvalue weighted by Crippen LogP contribution is 2.34. The molecule has 1 aromatic heterocycles. The second-order valence-corrected chi connectivity index (χ2v) is 9.36. The van der Waals surface area contributed by atoms with Crippen molar-refractivity contribution in [2.24, 2.45) is 0 Å². The zero-order valence-corrected chi connectivity index (χ0v) is 18.0. The van der Waals surface area contributed by atoms with Gasteiger partial charge >= 0.3 is 5.97 Å². The highest BCUT2D eigenvalue weighted by Gasteiger charge is 2.33. The number of rotatable bonds is 7. The maximum Gasteiger partial charge on any atom is 0.316 e. The van der Waals surface area contributed by atoms with Gasteiger partial charge in [-0.15, -0.1) is 0 Å². The summed E-state index contributed by atoms with van der Waals surface area (Å²) in [5, 5.41) is 8.44. The first-order valence-electron chi connectivity index (χ1n) is 9.12. The van der Waals surface area contributed by atoms with E-state index in [0.717, 1.165) is 17.3 Å². The fraction of sp³-hybridized carbons (Fsp3) is 0.238. The minimum Gasteiger partial charge on any atom is -0.465 e. The largest absolute Gasteiger partial charge is 0.465 e. The van der Waals surface area contributed by atoms with Crippen molar-refractivity contribution in [1.82, 2.24) is 9.97 Å². The molecule has 0 aliphatic rings. The number of carbonyl (C=O) groups is 1. The van der Waals surface area contributed by atoms with Crippen molar-refractivity contribution in [3.05, 3.63) is 59.8 Å². The number of nitriles is 1. The summed E-state index contributed by atoms with van der Waals surface area (Å²) in [6, 6.07) is 15.1. The molecular weight excluding hydrogens is 422 g/mol. The third-order valence-corrected chi connectivity index (χ3v) is 7.05. The number of sulfone groups is 1. The van der Waals surface area contributed by atoms with E-state index >= 15 is 0 Å². The van der Waals surface area contributed by atoms with Crippen LogP contribution in [0.3, 0.4) is 0 Å². The van der Waals surface area contributed by atoms with Crippen molar-refractivity contribution in [2.75, 3.05) is 12.4 Å². The van der Waals surface area contributed by atoms with Gasteiger partial charge < -0.3 is 4.74 Å². The number of fused-ring (bicyclic) bond motifs is 1. The number of ether oxygens (including phenoxy) is 1. The Bertz CT molecular complexity index is 1220. The number of carbonyl (C=O) groups excluding carboxylic acids is 1. The van der Waals surface area contributed by atoms with Crippen LogP contribution in [0.2, 0.25) is 0 Å². The molecule has 0 amide bonds. The average molecular weight is 442 g/mol. The molecule has 30 heavy (non-hydrogen) atoms. The number of para-hydroxylation sites is 2. The van der Waals surface area contributed by atoms with Crippen LogP contribution >= 0.6 is 11.8 Å². The number of esters is 1. The molecule has 154 valence electrons. The van der Waals surface area contributed by atoms with Gasteiger partial charge in [0.2, 0.25) is 0 Å². The van der Waals surface area contributed by atoms with Crippen LogP contribution in [0.15, 0.2) is 58.5 Å². The fourth-order valence-electron chi connectivity index (χ4n) is 2.75. The van der Waals surface area contributed by atoms with Crippen LogP contribution in [-0.2, 0) is 19.4 Å². The Morgan fingerprint density at radius 1 is 1.13 bits per heavy atom. The Hall–Kier alpha value is -2.96. The Morgan fingerprint density at radius 3 is 2.37 bits per heavy atom. The highest BCUT2D eigenvalue weighted by atomic mass is 32.2. The zero-order chi connectivity index (χ0) is 21.7. The number of hydrogen-bond acceptors (Lipinski definition) is 8. The first-order chi connectivity index (χ1) is 14.4. The molecular formula is C21H19N3O4S2. The molecule has 0 aliphatic heterocycles. The van der Waals surface area contributed by atoms with Crippen LogP contribution in [0.25, 0.3) is 11.0 Å². The van der Waals surface area contributed by atoms with Gasteiger partial charge in [0.25, 0.3) is 0 Å². The molecule has 0 radical (unpaired) electrons. The summed E-state index contributed by atoms with van der Waals surface area (Å²) in [7, 11) is -4.05. The zero-order valence-electron chi connectivity index (χ0n) is 16.4. The normalized spacial score (nSPS) is 12.3. The van der Waals surface area contributed by atoms with Crippen molar-refractivity contribution in [3.8, 4) is 6.07 Å². The maximum atomic E-state index is 13.2. The van der Waals surface area contributed by atoms with Gasteiger partial charge in [0.1, 0.15) is 10.7 Å². The van der Waals surface area contributed by atoms with E-state index in [-0.39, 0.29) is 28.0 Å². The predicted octanol–water partition coefficient (Wildman–Crippen LogP) is 3.63. The van der Waals surface area contributed by atoms with Crippen LogP contribution in [0.5, 0.6) is 0 Å². The maximum absolute atomic E-state index is 13.2. The molecule has 0 aliphatic carbocycles. The van der Waals surface area contributed by atoms with Gasteiger partial charge in [-0.25, -0.2) is 18.4 Å². The topological polar surface area (TPSA) is 110 Å². The van der Waals surface area contributed by atoms with Crippen LogP contribution in [0.1, 0.15) is 23.4 Å². The fourth-order valence-corrected chi connectivity index (χ4v) is 5.02. The van der Waals surface area contributed by atoms with Crippen molar-refractivity contribution in [1.29, 1.82) is 5.26 Å². The molecule has 1 unspecified atom stereocenters. The van der Waals surface area contributed by atoms with E-state index < -0.39 is 21.1 Å². The molecule has 0 fully saturated rings. The first-order valence-corrected chi connectivity index (χ1v) is 11.6. The molecule has 1 atom stereocenters. The summed E-state index contributed by atoms with van der Waals surface area (Å²) in [6.07, 6.45) is 0. The average Bonchev–Trinajstić information content (AvgIpc) is 2.73. The molecule has 2 aromatic carbocycles. The number of benzene rings is 2. The van der Waals surface area contributed by atoms with E-state index in [1.807, 2.05) is 13.0 Å². The van der Waals surface area contributed by atoms with Crippen LogP contribution < -0.4 is 0 Å². The Labute approximate surface area is 179 Å². The van der Waals surface area contributed by atoms with Gasteiger partial charge in [0, 0.05) is 0 Å². The Balaban J connectivity index is 2.10. The summed E-state index contributed by atoms with van der Waals surface area (Å²) in [5.41, 5.74) is 1.91. The van der Waals surface area contributed by atoms with E-state index in [1.165, 1.54) is 12.1 Å². The lowest BCUT2D eigenvalue weighted by atomic mass is 10.2. The summed E-state index contributed by atoms with van der Waals surface area (Å²) < 4.78 is 31.4. The van der Waals surface area contributed by atoms with E-state index in [1.54, 1.807) is 43.3 Å². The third-order valence-electron chi connectivity index (χ3n) is 4.22. The lowest BCUT2D eigenvalue weighted by Gasteiger charge is -2.15. The van der Waals surface area contributed by atoms with Crippen LogP contribution in [-0.4, -0.2) is 36.7 Å².